The molecule has 1 fully saturated rings. The Morgan fingerprint density at radius 3 is 2.76 bits per heavy atom. The molecule has 4 nitrogen and oxygen atoms in total. The highest BCUT2D eigenvalue weighted by Gasteiger charge is 2.21. The van der Waals surface area contributed by atoms with Gasteiger partial charge in [0.25, 0.3) is 0 Å². The van der Waals surface area contributed by atoms with E-state index in [1.807, 2.05) is 0 Å². The summed E-state index contributed by atoms with van der Waals surface area (Å²) in [7, 11) is 0. The largest absolute Gasteiger partial charge is 0.481 e. The molecule has 1 aliphatic carbocycles. The second-order valence-electron chi connectivity index (χ2n) is 4.76. The van der Waals surface area contributed by atoms with Gasteiger partial charge in [-0.2, -0.15) is 0 Å². The van der Waals surface area contributed by atoms with Gasteiger partial charge in [-0.25, -0.2) is 4.98 Å². The van der Waals surface area contributed by atoms with E-state index in [9.17, 15) is 4.79 Å². The number of aromatic nitrogens is 2. The van der Waals surface area contributed by atoms with Crippen LogP contribution in [0.5, 0.6) is 0 Å². The van der Waals surface area contributed by atoms with Gasteiger partial charge in [-0.15, -0.1) is 0 Å². The van der Waals surface area contributed by atoms with Gasteiger partial charge in [0.15, 0.2) is 0 Å². The molecule has 0 amide bonds. The van der Waals surface area contributed by atoms with Crippen molar-refractivity contribution in [3.8, 4) is 0 Å². The number of carbonyl (C=O) groups is 1. The van der Waals surface area contributed by atoms with Crippen molar-refractivity contribution in [2.45, 2.75) is 57.9 Å². The Kier molecular flexibility index (Phi) is 3.82. The molecule has 94 valence electrons. The van der Waals surface area contributed by atoms with E-state index in [2.05, 4.69) is 16.5 Å². The lowest BCUT2D eigenvalue weighted by Crippen LogP contribution is -2.14. The average molecular weight is 236 g/mol. The minimum atomic E-state index is -0.783. The molecule has 0 unspecified atom stereocenters. The monoisotopic (exact) mass is 236 g/mol. The minimum absolute atomic E-state index is 0.0769. The maximum Gasteiger partial charge on any atom is 0.309 e. The van der Waals surface area contributed by atoms with Crippen LogP contribution in [0.1, 0.15) is 56.5 Å². The van der Waals surface area contributed by atoms with Gasteiger partial charge in [0.1, 0.15) is 5.82 Å². The SMILES string of the molecule is CCn1c(CC(=O)O)cnc1C1CCCCC1. The average Bonchev–Trinajstić information content (AvgIpc) is 2.72. The highest BCUT2D eigenvalue weighted by atomic mass is 16.4. The maximum atomic E-state index is 10.8. The van der Waals surface area contributed by atoms with Crippen molar-refractivity contribution in [3.63, 3.8) is 0 Å². The number of aliphatic carboxylic acids is 1. The molecule has 17 heavy (non-hydrogen) atoms. The molecule has 0 radical (unpaired) electrons. The summed E-state index contributed by atoms with van der Waals surface area (Å²) in [5, 5.41) is 8.87. The quantitative estimate of drug-likeness (QED) is 0.874. The van der Waals surface area contributed by atoms with Gasteiger partial charge < -0.3 is 9.67 Å². The number of hydrogen-bond donors (Lipinski definition) is 1. The normalized spacial score (nSPS) is 17.2. The topological polar surface area (TPSA) is 55.1 Å². The Hall–Kier alpha value is -1.32. The summed E-state index contributed by atoms with van der Waals surface area (Å²) < 4.78 is 2.09. The van der Waals surface area contributed by atoms with E-state index in [4.69, 9.17) is 5.11 Å². The van der Waals surface area contributed by atoms with E-state index in [1.54, 1.807) is 6.20 Å². The summed E-state index contributed by atoms with van der Waals surface area (Å²) in [5.41, 5.74) is 0.834. The van der Waals surface area contributed by atoms with Gasteiger partial charge in [0.2, 0.25) is 0 Å². The third-order valence-electron chi connectivity index (χ3n) is 3.59. The molecule has 1 aromatic heterocycles. The molecule has 1 N–H and O–H groups in total. The van der Waals surface area contributed by atoms with Gasteiger partial charge in [-0.3, -0.25) is 4.79 Å². The number of nitrogens with zero attached hydrogens (tertiary/aromatic N) is 2. The highest BCUT2D eigenvalue weighted by molar-refractivity contribution is 5.69. The lowest BCUT2D eigenvalue weighted by atomic mass is 9.88. The van der Waals surface area contributed by atoms with Gasteiger partial charge >= 0.3 is 5.97 Å². The second-order valence-corrected chi connectivity index (χ2v) is 4.76. The molecule has 1 aliphatic rings. The molecular formula is C13H20N2O2. The molecule has 0 bridgehead atoms. The fraction of sp³-hybridized carbons (Fsp3) is 0.692. The van der Waals surface area contributed by atoms with Gasteiger partial charge in [0, 0.05) is 24.4 Å². The van der Waals surface area contributed by atoms with Crippen LogP contribution in [0, 0.1) is 0 Å². The first-order chi connectivity index (χ1) is 8.22. The maximum absolute atomic E-state index is 10.8. The predicted molar refractivity (Wildman–Crippen MR) is 65.1 cm³/mol. The smallest absolute Gasteiger partial charge is 0.309 e. The number of carboxylic acids is 1. The zero-order chi connectivity index (χ0) is 12.3. The van der Waals surface area contributed by atoms with Crippen LogP contribution in [0.4, 0.5) is 0 Å². The Morgan fingerprint density at radius 2 is 2.18 bits per heavy atom. The van der Waals surface area contributed by atoms with Crippen molar-refractivity contribution in [2.24, 2.45) is 0 Å². The van der Waals surface area contributed by atoms with E-state index in [0.29, 0.717) is 5.92 Å². The summed E-state index contributed by atoms with van der Waals surface area (Å²) >= 11 is 0. The summed E-state index contributed by atoms with van der Waals surface area (Å²) in [4.78, 5) is 15.2. The third-order valence-corrected chi connectivity index (χ3v) is 3.59. The molecular weight excluding hydrogens is 216 g/mol. The van der Waals surface area contributed by atoms with Crippen molar-refractivity contribution in [1.29, 1.82) is 0 Å². The number of imidazole rings is 1. The molecule has 0 aromatic carbocycles. The molecule has 4 heteroatoms. The Morgan fingerprint density at radius 1 is 1.47 bits per heavy atom. The van der Waals surface area contributed by atoms with Crippen LogP contribution in [0.25, 0.3) is 0 Å². The molecule has 0 atom stereocenters. The van der Waals surface area contributed by atoms with Gasteiger partial charge in [-0.1, -0.05) is 19.3 Å². The fourth-order valence-electron chi connectivity index (χ4n) is 2.77. The van der Waals surface area contributed by atoms with E-state index < -0.39 is 5.97 Å². The van der Waals surface area contributed by atoms with Crippen molar-refractivity contribution in [1.82, 2.24) is 9.55 Å². The van der Waals surface area contributed by atoms with E-state index in [1.165, 1.54) is 32.1 Å². The van der Waals surface area contributed by atoms with Crippen LogP contribution >= 0.6 is 0 Å². The van der Waals surface area contributed by atoms with Crippen LogP contribution in [0.2, 0.25) is 0 Å². The van der Waals surface area contributed by atoms with Crippen molar-refractivity contribution < 1.29 is 9.90 Å². The zero-order valence-electron chi connectivity index (χ0n) is 10.4. The third kappa shape index (κ3) is 2.68. The Bertz CT molecular complexity index is 392. The van der Waals surface area contributed by atoms with Gasteiger partial charge in [-0.05, 0) is 19.8 Å². The highest BCUT2D eigenvalue weighted by Crippen LogP contribution is 2.32. The molecule has 0 spiro atoms. The standard InChI is InChI=1S/C13H20N2O2/c1-2-15-11(8-12(16)17)9-14-13(15)10-6-4-3-5-7-10/h9-10H,2-8H2,1H3,(H,16,17). The summed E-state index contributed by atoms with van der Waals surface area (Å²) in [5.74, 6) is 0.851. The predicted octanol–water partition coefficient (Wildman–Crippen LogP) is 2.58. The van der Waals surface area contributed by atoms with Crippen LogP contribution in [0.15, 0.2) is 6.20 Å². The lowest BCUT2D eigenvalue weighted by molar-refractivity contribution is -0.136. The number of carboxylic acid groups (broad SMARTS) is 1. The van der Waals surface area contributed by atoms with Crippen LogP contribution in [-0.2, 0) is 17.8 Å². The molecule has 1 heterocycles. The van der Waals surface area contributed by atoms with E-state index in [-0.39, 0.29) is 6.42 Å². The van der Waals surface area contributed by atoms with Gasteiger partial charge in [0.05, 0.1) is 6.42 Å². The summed E-state index contributed by atoms with van der Waals surface area (Å²) in [6, 6.07) is 0. The minimum Gasteiger partial charge on any atom is -0.481 e. The second kappa shape index (κ2) is 5.34. The molecule has 2 rings (SSSR count). The first-order valence-electron chi connectivity index (χ1n) is 6.48. The summed E-state index contributed by atoms with van der Waals surface area (Å²) in [6.45, 7) is 2.87. The fourth-order valence-corrected chi connectivity index (χ4v) is 2.77. The van der Waals surface area contributed by atoms with Crippen molar-refractivity contribution in [3.05, 3.63) is 17.7 Å². The van der Waals surface area contributed by atoms with Crippen molar-refractivity contribution in [2.75, 3.05) is 0 Å². The van der Waals surface area contributed by atoms with Crippen molar-refractivity contribution >= 4 is 5.97 Å². The zero-order valence-corrected chi connectivity index (χ0v) is 10.4. The lowest BCUT2D eigenvalue weighted by Gasteiger charge is -2.22. The van der Waals surface area contributed by atoms with Crippen LogP contribution in [-0.4, -0.2) is 20.6 Å². The van der Waals surface area contributed by atoms with E-state index in [0.717, 1.165) is 18.1 Å². The first kappa shape index (κ1) is 12.1. The number of rotatable bonds is 4. The molecule has 1 aromatic rings. The molecule has 1 saturated carbocycles. The first-order valence-corrected chi connectivity index (χ1v) is 6.48. The Balaban J connectivity index is 2.21. The molecule has 0 saturated heterocycles. The molecule has 0 aliphatic heterocycles. The Labute approximate surface area is 102 Å². The van der Waals surface area contributed by atoms with Crippen LogP contribution in [0.3, 0.4) is 0 Å². The van der Waals surface area contributed by atoms with E-state index >= 15 is 0 Å². The van der Waals surface area contributed by atoms with Crippen LogP contribution < -0.4 is 0 Å². The summed E-state index contributed by atoms with van der Waals surface area (Å²) in [6.07, 6.45) is 8.08. The number of hydrogen-bond acceptors (Lipinski definition) is 2.